The molecule has 2 aromatic rings. The van der Waals surface area contributed by atoms with Crippen LogP contribution in [0, 0.1) is 6.92 Å². The first-order valence-corrected chi connectivity index (χ1v) is 12.2. The van der Waals surface area contributed by atoms with Gasteiger partial charge < -0.3 is 14.8 Å². The van der Waals surface area contributed by atoms with E-state index in [9.17, 15) is 18.0 Å². The van der Waals surface area contributed by atoms with Crippen LogP contribution in [-0.4, -0.2) is 56.5 Å². The van der Waals surface area contributed by atoms with Gasteiger partial charge >= 0.3 is 5.97 Å². The SMILES string of the molecule is CCOC(=O)c1sc(NC(=O)c2ccc(S(=O)(=O)N3CC(C)OC(C)C3)cc2)cc1C. The van der Waals surface area contributed by atoms with Crippen molar-refractivity contribution in [2.75, 3.05) is 25.0 Å². The third-order valence-electron chi connectivity index (χ3n) is 4.76. The van der Waals surface area contributed by atoms with Gasteiger partial charge in [0.2, 0.25) is 10.0 Å². The molecule has 1 aromatic carbocycles. The lowest BCUT2D eigenvalue weighted by atomic mass is 10.2. The monoisotopic (exact) mass is 466 g/mol. The van der Waals surface area contributed by atoms with Crippen LogP contribution in [0.4, 0.5) is 5.00 Å². The molecule has 1 N–H and O–H groups in total. The minimum atomic E-state index is -3.67. The number of rotatable bonds is 6. The Balaban J connectivity index is 1.72. The number of benzene rings is 1. The molecule has 0 bridgehead atoms. The molecule has 1 aromatic heterocycles. The van der Waals surface area contributed by atoms with Crippen LogP contribution in [0.15, 0.2) is 35.2 Å². The minimum absolute atomic E-state index is 0.127. The predicted octanol–water partition coefficient (Wildman–Crippen LogP) is 3.28. The van der Waals surface area contributed by atoms with Gasteiger partial charge in [-0.3, -0.25) is 4.79 Å². The number of nitrogens with one attached hydrogen (secondary N) is 1. The fourth-order valence-electron chi connectivity index (χ4n) is 3.38. The lowest BCUT2D eigenvalue weighted by Crippen LogP contribution is -2.48. The van der Waals surface area contributed by atoms with E-state index < -0.39 is 21.9 Å². The van der Waals surface area contributed by atoms with Crippen molar-refractivity contribution in [2.45, 2.75) is 44.8 Å². The largest absolute Gasteiger partial charge is 0.462 e. The van der Waals surface area contributed by atoms with Gasteiger partial charge in [0.25, 0.3) is 5.91 Å². The van der Waals surface area contributed by atoms with Crippen LogP contribution in [-0.2, 0) is 19.5 Å². The number of ether oxygens (including phenoxy) is 2. The highest BCUT2D eigenvalue weighted by Gasteiger charge is 2.32. The Morgan fingerprint density at radius 2 is 1.81 bits per heavy atom. The molecule has 1 amide bonds. The molecule has 2 heterocycles. The van der Waals surface area contributed by atoms with E-state index >= 15 is 0 Å². The van der Waals surface area contributed by atoms with Crippen LogP contribution in [0.5, 0.6) is 0 Å². The summed E-state index contributed by atoms with van der Waals surface area (Å²) in [5.74, 6) is -0.818. The van der Waals surface area contributed by atoms with Gasteiger partial charge in [-0.1, -0.05) is 0 Å². The van der Waals surface area contributed by atoms with Crippen molar-refractivity contribution in [3.8, 4) is 0 Å². The molecule has 1 saturated heterocycles. The van der Waals surface area contributed by atoms with Crippen molar-refractivity contribution in [1.82, 2.24) is 4.31 Å². The number of hydrogen-bond donors (Lipinski definition) is 1. The van der Waals surface area contributed by atoms with E-state index in [1.54, 1.807) is 19.9 Å². The summed E-state index contributed by atoms with van der Waals surface area (Å²) in [7, 11) is -3.67. The zero-order valence-electron chi connectivity index (χ0n) is 17.9. The maximum Gasteiger partial charge on any atom is 0.348 e. The van der Waals surface area contributed by atoms with Crippen LogP contribution in [0.25, 0.3) is 0 Å². The average molecular weight is 467 g/mol. The molecule has 0 radical (unpaired) electrons. The third kappa shape index (κ3) is 5.32. The molecule has 3 rings (SSSR count). The van der Waals surface area contributed by atoms with Gasteiger partial charge in [-0.15, -0.1) is 11.3 Å². The quantitative estimate of drug-likeness (QED) is 0.656. The van der Waals surface area contributed by atoms with Crippen LogP contribution in [0.3, 0.4) is 0 Å². The van der Waals surface area contributed by atoms with Gasteiger partial charge in [0.1, 0.15) is 4.88 Å². The number of carbonyl (C=O) groups excluding carboxylic acids is 2. The van der Waals surface area contributed by atoms with Crippen LogP contribution < -0.4 is 5.32 Å². The number of carbonyl (C=O) groups is 2. The second-order valence-corrected chi connectivity index (χ2v) is 10.4. The minimum Gasteiger partial charge on any atom is -0.462 e. The number of sulfonamides is 1. The fraction of sp³-hybridized carbons (Fsp3) is 0.429. The van der Waals surface area contributed by atoms with Crippen LogP contribution in [0.2, 0.25) is 0 Å². The molecule has 0 saturated carbocycles. The molecule has 10 heteroatoms. The van der Waals surface area contributed by atoms with E-state index in [0.29, 0.717) is 21.0 Å². The summed E-state index contributed by atoms with van der Waals surface area (Å²) < 4.78 is 37.9. The lowest BCUT2D eigenvalue weighted by molar-refractivity contribution is -0.0440. The molecule has 1 fully saturated rings. The first kappa shape index (κ1) is 23.4. The molecule has 8 nitrogen and oxygen atoms in total. The predicted molar refractivity (Wildman–Crippen MR) is 118 cm³/mol. The Kier molecular flexibility index (Phi) is 7.15. The summed E-state index contributed by atoms with van der Waals surface area (Å²) in [5, 5.41) is 3.26. The zero-order chi connectivity index (χ0) is 22.8. The number of nitrogens with zero attached hydrogens (tertiary/aromatic N) is 1. The molecule has 31 heavy (non-hydrogen) atoms. The van der Waals surface area contributed by atoms with E-state index in [-0.39, 0.29) is 36.8 Å². The normalized spacial score (nSPS) is 19.7. The van der Waals surface area contributed by atoms with Gasteiger partial charge in [0.05, 0.1) is 28.7 Å². The molecule has 2 atom stereocenters. The summed E-state index contributed by atoms with van der Waals surface area (Å²) in [6.07, 6.45) is -0.366. The molecule has 1 aliphatic heterocycles. The van der Waals surface area contributed by atoms with Crippen LogP contribution >= 0.6 is 11.3 Å². The number of esters is 1. The van der Waals surface area contributed by atoms with Gasteiger partial charge in [-0.25, -0.2) is 13.2 Å². The molecule has 168 valence electrons. The van der Waals surface area contributed by atoms with Crippen molar-refractivity contribution < 1.29 is 27.5 Å². The molecule has 2 unspecified atom stereocenters. The summed E-state index contributed by atoms with van der Waals surface area (Å²) in [6.45, 7) is 8.02. The summed E-state index contributed by atoms with van der Waals surface area (Å²) >= 11 is 1.14. The Labute approximate surface area is 186 Å². The number of amides is 1. The van der Waals surface area contributed by atoms with Gasteiger partial charge in [-0.2, -0.15) is 4.31 Å². The molecular weight excluding hydrogens is 440 g/mol. The fourth-order valence-corrected chi connectivity index (χ4v) is 5.93. The van der Waals surface area contributed by atoms with Crippen molar-refractivity contribution in [2.24, 2.45) is 0 Å². The maximum absolute atomic E-state index is 12.9. The number of aryl methyl sites for hydroxylation is 1. The standard InChI is InChI=1S/C21H26N2O6S2/c1-5-28-21(25)19-13(2)10-18(30-19)22-20(24)16-6-8-17(9-7-16)31(26,27)23-11-14(3)29-15(4)12-23/h6-10,14-15H,5,11-12H2,1-4H3,(H,22,24). The molecular formula is C21H26N2O6S2. The highest BCUT2D eigenvalue weighted by molar-refractivity contribution is 7.89. The van der Waals surface area contributed by atoms with Gasteiger partial charge in [0.15, 0.2) is 0 Å². The third-order valence-corrected chi connectivity index (χ3v) is 7.73. The highest BCUT2D eigenvalue weighted by Crippen LogP contribution is 2.28. The van der Waals surface area contributed by atoms with Gasteiger partial charge in [0, 0.05) is 18.7 Å². The molecule has 1 aliphatic rings. The lowest BCUT2D eigenvalue weighted by Gasteiger charge is -2.34. The maximum atomic E-state index is 12.9. The van der Waals surface area contributed by atoms with Crippen molar-refractivity contribution >= 4 is 38.2 Å². The Morgan fingerprint density at radius 1 is 1.19 bits per heavy atom. The van der Waals surface area contributed by atoms with Crippen molar-refractivity contribution in [3.05, 3.63) is 46.3 Å². The van der Waals surface area contributed by atoms with E-state index in [1.165, 1.54) is 28.6 Å². The summed E-state index contributed by atoms with van der Waals surface area (Å²) in [4.78, 5) is 25.1. The number of thiophene rings is 1. The zero-order valence-corrected chi connectivity index (χ0v) is 19.5. The van der Waals surface area contributed by atoms with E-state index in [0.717, 1.165) is 11.3 Å². The average Bonchev–Trinajstić information content (AvgIpc) is 3.07. The first-order chi connectivity index (χ1) is 14.6. The van der Waals surface area contributed by atoms with Crippen molar-refractivity contribution in [3.63, 3.8) is 0 Å². The number of hydrogen-bond acceptors (Lipinski definition) is 7. The topological polar surface area (TPSA) is 102 Å². The van der Waals surface area contributed by atoms with Crippen LogP contribution in [0.1, 0.15) is 46.4 Å². The molecule has 0 spiro atoms. The summed E-state index contributed by atoms with van der Waals surface area (Å²) in [6, 6.07) is 7.51. The van der Waals surface area contributed by atoms with E-state index in [2.05, 4.69) is 5.32 Å². The van der Waals surface area contributed by atoms with E-state index in [1.807, 2.05) is 13.8 Å². The highest BCUT2D eigenvalue weighted by atomic mass is 32.2. The van der Waals surface area contributed by atoms with E-state index in [4.69, 9.17) is 9.47 Å². The second kappa shape index (κ2) is 9.47. The number of anilines is 1. The second-order valence-electron chi connectivity index (χ2n) is 7.40. The van der Waals surface area contributed by atoms with Gasteiger partial charge in [-0.05, 0) is 63.6 Å². The Bertz CT molecular complexity index is 1050. The first-order valence-electron chi connectivity index (χ1n) is 9.96. The summed E-state index contributed by atoms with van der Waals surface area (Å²) in [5.41, 5.74) is 1.03. The molecule has 0 aliphatic carbocycles. The Hall–Kier alpha value is -2.27. The van der Waals surface area contributed by atoms with Crippen molar-refractivity contribution in [1.29, 1.82) is 0 Å². The Morgan fingerprint density at radius 3 is 2.39 bits per heavy atom. The smallest absolute Gasteiger partial charge is 0.348 e. The number of morpholine rings is 1.